The number of ketones is 1. The monoisotopic (exact) mass is 250 g/mol. The Bertz CT molecular complexity index is 417. The van der Waals surface area contributed by atoms with Gasteiger partial charge in [-0.25, -0.2) is 9.97 Å². The highest BCUT2D eigenvalue weighted by molar-refractivity contribution is 5.75. The number of carbonyl (C=O) groups excluding carboxylic acids is 1. The number of anilines is 2. The molecule has 0 aliphatic heterocycles. The van der Waals surface area contributed by atoms with Gasteiger partial charge >= 0.3 is 0 Å². The van der Waals surface area contributed by atoms with Crippen molar-refractivity contribution >= 4 is 17.4 Å². The minimum Gasteiger partial charge on any atom is -0.369 e. The van der Waals surface area contributed by atoms with Gasteiger partial charge in [0.1, 0.15) is 23.2 Å². The molecule has 0 aliphatic carbocycles. The third kappa shape index (κ3) is 4.31. The fourth-order valence-electron chi connectivity index (χ4n) is 1.45. The third-order valence-corrected chi connectivity index (χ3v) is 2.74. The molecule has 5 nitrogen and oxygen atoms in total. The second-order valence-corrected chi connectivity index (χ2v) is 4.74. The minimum atomic E-state index is 0.174. The molecule has 5 heteroatoms. The van der Waals surface area contributed by atoms with Crippen LogP contribution in [0.25, 0.3) is 0 Å². The van der Waals surface area contributed by atoms with Gasteiger partial charge in [-0.3, -0.25) is 4.79 Å². The molecule has 1 rings (SSSR count). The molecule has 0 fully saturated rings. The molecule has 1 aromatic rings. The van der Waals surface area contributed by atoms with E-state index in [1.54, 1.807) is 6.92 Å². The Kier molecular flexibility index (Phi) is 5.07. The third-order valence-electron chi connectivity index (χ3n) is 2.74. The number of rotatable bonds is 6. The predicted molar refractivity (Wildman–Crippen MR) is 74.1 cm³/mol. The van der Waals surface area contributed by atoms with Gasteiger partial charge in [-0.2, -0.15) is 0 Å². The zero-order chi connectivity index (χ0) is 13.7. The lowest BCUT2D eigenvalue weighted by Gasteiger charge is -2.23. The van der Waals surface area contributed by atoms with Crippen molar-refractivity contribution in [2.24, 2.45) is 0 Å². The second kappa shape index (κ2) is 6.33. The molecule has 0 spiro atoms. The zero-order valence-electron chi connectivity index (χ0n) is 11.8. The molecular formula is C13H22N4O. The van der Waals surface area contributed by atoms with Crippen molar-refractivity contribution in [3.05, 3.63) is 11.9 Å². The first-order valence-electron chi connectivity index (χ1n) is 6.22. The van der Waals surface area contributed by atoms with Gasteiger partial charge < -0.3 is 10.2 Å². The highest BCUT2D eigenvalue weighted by Crippen LogP contribution is 2.16. The maximum Gasteiger partial charge on any atom is 0.134 e. The van der Waals surface area contributed by atoms with E-state index in [-0.39, 0.29) is 5.78 Å². The van der Waals surface area contributed by atoms with E-state index in [0.717, 1.165) is 17.5 Å². The summed E-state index contributed by atoms with van der Waals surface area (Å²) in [5.41, 5.74) is 0. The topological polar surface area (TPSA) is 58.1 Å². The van der Waals surface area contributed by atoms with Crippen molar-refractivity contribution in [3.8, 4) is 0 Å². The first-order chi connectivity index (χ1) is 8.40. The van der Waals surface area contributed by atoms with Crippen LogP contribution in [0.4, 0.5) is 11.6 Å². The van der Waals surface area contributed by atoms with Crippen LogP contribution in [0.15, 0.2) is 6.07 Å². The Morgan fingerprint density at radius 2 is 2.11 bits per heavy atom. The molecule has 0 unspecified atom stereocenters. The number of carbonyl (C=O) groups is 1. The largest absolute Gasteiger partial charge is 0.369 e. The van der Waals surface area contributed by atoms with Gasteiger partial charge in [0.2, 0.25) is 0 Å². The van der Waals surface area contributed by atoms with Crippen LogP contribution in [-0.2, 0) is 4.79 Å². The Balaban J connectivity index is 2.77. The zero-order valence-corrected chi connectivity index (χ0v) is 11.8. The summed E-state index contributed by atoms with van der Waals surface area (Å²) in [6, 6.07) is 2.29. The molecule has 0 radical (unpaired) electrons. The number of Topliss-reactive ketones (excluding diaryl/α,β-unsaturated/α-hetero) is 1. The molecule has 1 heterocycles. The van der Waals surface area contributed by atoms with Gasteiger partial charge in [-0.05, 0) is 27.7 Å². The van der Waals surface area contributed by atoms with Crippen LogP contribution < -0.4 is 10.2 Å². The fraction of sp³-hybridized carbons (Fsp3) is 0.615. The molecule has 100 valence electrons. The number of hydrogen-bond acceptors (Lipinski definition) is 5. The van der Waals surface area contributed by atoms with Crippen molar-refractivity contribution in [2.75, 3.05) is 23.8 Å². The Hall–Kier alpha value is -1.65. The maximum atomic E-state index is 10.9. The Morgan fingerprint density at radius 1 is 1.44 bits per heavy atom. The quantitative estimate of drug-likeness (QED) is 0.837. The molecule has 18 heavy (non-hydrogen) atoms. The number of nitrogens with one attached hydrogen (secondary N) is 1. The number of nitrogens with zero attached hydrogens (tertiary/aromatic N) is 3. The maximum absolute atomic E-state index is 10.9. The van der Waals surface area contributed by atoms with Crippen LogP contribution >= 0.6 is 0 Å². The summed E-state index contributed by atoms with van der Waals surface area (Å²) >= 11 is 0. The number of aryl methyl sites for hydroxylation is 1. The van der Waals surface area contributed by atoms with E-state index < -0.39 is 0 Å². The Morgan fingerprint density at radius 3 is 2.67 bits per heavy atom. The highest BCUT2D eigenvalue weighted by atomic mass is 16.1. The normalized spacial score (nSPS) is 10.6. The molecule has 1 aromatic heterocycles. The number of aromatic nitrogens is 2. The number of hydrogen-bond donors (Lipinski definition) is 1. The van der Waals surface area contributed by atoms with E-state index in [4.69, 9.17) is 0 Å². The second-order valence-electron chi connectivity index (χ2n) is 4.74. The molecule has 0 saturated carbocycles. The fourth-order valence-corrected chi connectivity index (χ4v) is 1.45. The molecule has 0 bridgehead atoms. The summed E-state index contributed by atoms with van der Waals surface area (Å²) in [6.45, 7) is 8.29. The van der Waals surface area contributed by atoms with Gasteiger partial charge in [-0.15, -0.1) is 0 Å². The lowest BCUT2D eigenvalue weighted by molar-refractivity contribution is -0.116. The average molecular weight is 250 g/mol. The van der Waals surface area contributed by atoms with Gasteiger partial charge in [0.25, 0.3) is 0 Å². The molecule has 0 saturated heterocycles. The smallest absolute Gasteiger partial charge is 0.134 e. The molecular weight excluding hydrogens is 228 g/mol. The SMILES string of the molecule is CC(=O)CCNc1cc(N(C)C(C)C)nc(C)n1. The minimum absolute atomic E-state index is 0.174. The standard InChI is InChI=1S/C13H22N4O/c1-9(2)17(5)13-8-12(15-11(4)16-13)14-7-6-10(3)18/h8-9H,6-7H2,1-5H3,(H,14,15,16). The van der Waals surface area contributed by atoms with Gasteiger partial charge in [0, 0.05) is 32.1 Å². The van der Waals surface area contributed by atoms with Crippen LogP contribution in [-0.4, -0.2) is 35.4 Å². The molecule has 0 aromatic carbocycles. The molecule has 0 atom stereocenters. The van der Waals surface area contributed by atoms with E-state index >= 15 is 0 Å². The van der Waals surface area contributed by atoms with Crippen LogP contribution in [0.1, 0.15) is 33.0 Å². The summed E-state index contributed by atoms with van der Waals surface area (Å²) in [7, 11) is 2.01. The van der Waals surface area contributed by atoms with E-state index in [2.05, 4.69) is 34.0 Å². The van der Waals surface area contributed by atoms with Crippen LogP contribution in [0.3, 0.4) is 0 Å². The summed E-state index contributed by atoms with van der Waals surface area (Å²) in [5.74, 6) is 2.56. The van der Waals surface area contributed by atoms with Gasteiger partial charge in [-0.1, -0.05) is 0 Å². The van der Waals surface area contributed by atoms with Gasteiger partial charge in [0.05, 0.1) is 0 Å². The lowest BCUT2D eigenvalue weighted by atomic mass is 10.3. The predicted octanol–water partition coefficient (Wildman–Crippen LogP) is 2.02. The van der Waals surface area contributed by atoms with Gasteiger partial charge in [0.15, 0.2) is 0 Å². The summed E-state index contributed by atoms with van der Waals surface area (Å²) in [4.78, 5) is 21.7. The highest BCUT2D eigenvalue weighted by Gasteiger charge is 2.09. The van der Waals surface area contributed by atoms with E-state index in [0.29, 0.717) is 19.0 Å². The Labute approximate surface area is 109 Å². The average Bonchev–Trinajstić information content (AvgIpc) is 2.26. The van der Waals surface area contributed by atoms with Crippen molar-refractivity contribution in [1.82, 2.24) is 9.97 Å². The van der Waals surface area contributed by atoms with Crippen molar-refractivity contribution in [3.63, 3.8) is 0 Å². The summed E-state index contributed by atoms with van der Waals surface area (Å²) < 4.78 is 0. The van der Waals surface area contributed by atoms with Crippen LogP contribution in [0, 0.1) is 6.92 Å². The first kappa shape index (κ1) is 14.4. The lowest BCUT2D eigenvalue weighted by Crippen LogP contribution is -2.27. The van der Waals surface area contributed by atoms with E-state index in [9.17, 15) is 4.79 Å². The molecule has 1 N–H and O–H groups in total. The molecule has 0 aliphatic rings. The first-order valence-corrected chi connectivity index (χ1v) is 6.22. The van der Waals surface area contributed by atoms with Crippen LogP contribution in [0.2, 0.25) is 0 Å². The van der Waals surface area contributed by atoms with Crippen molar-refractivity contribution in [1.29, 1.82) is 0 Å². The molecule has 0 amide bonds. The van der Waals surface area contributed by atoms with Crippen molar-refractivity contribution < 1.29 is 4.79 Å². The summed E-state index contributed by atoms with van der Waals surface area (Å²) in [6.07, 6.45) is 0.512. The van der Waals surface area contributed by atoms with Crippen molar-refractivity contribution in [2.45, 2.75) is 40.2 Å². The summed E-state index contributed by atoms with van der Waals surface area (Å²) in [5, 5.41) is 3.15. The van der Waals surface area contributed by atoms with Crippen LogP contribution in [0.5, 0.6) is 0 Å². The van der Waals surface area contributed by atoms with E-state index in [1.165, 1.54) is 0 Å². The van der Waals surface area contributed by atoms with E-state index in [1.807, 2.05) is 20.0 Å².